The molecule has 1 heterocycles. The molecule has 11 heavy (non-hydrogen) atoms. The summed E-state index contributed by atoms with van der Waals surface area (Å²) in [6.07, 6.45) is 0.928. The maximum absolute atomic E-state index is 11.0. The Morgan fingerprint density at radius 2 is 2.36 bits per heavy atom. The Morgan fingerprint density at radius 1 is 1.73 bits per heavy atom. The molecule has 0 aromatic rings. The van der Waals surface area contributed by atoms with Gasteiger partial charge < -0.3 is 10.1 Å². The molecule has 1 aliphatic rings. The molecule has 1 N–H and O–H groups in total. The molecule has 1 atom stereocenters. The van der Waals surface area contributed by atoms with Crippen LogP contribution in [0.1, 0.15) is 20.3 Å². The lowest BCUT2D eigenvalue weighted by Gasteiger charge is -2.25. The summed E-state index contributed by atoms with van der Waals surface area (Å²) in [5.74, 6) is 0.337. The van der Waals surface area contributed by atoms with E-state index in [2.05, 4.69) is 5.32 Å². The molecule has 1 rings (SSSR count). The van der Waals surface area contributed by atoms with E-state index in [4.69, 9.17) is 4.74 Å². The summed E-state index contributed by atoms with van der Waals surface area (Å²) in [6, 6.07) is -0.0197. The molecule has 1 aliphatic heterocycles. The van der Waals surface area contributed by atoms with Gasteiger partial charge in [0.15, 0.2) is 0 Å². The minimum atomic E-state index is -0.0926. The molecule has 0 unspecified atom stereocenters. The van der Waals surface area contributed by atoms with Crippen molar-refractivity contribution in [2.75, 3.05) is 13.2 Å². The summed E-state index contributed by atoms with van der Waals surface area (Å²) in [5, 5.41) is 2.99. The Labute approximate surface area is 67.1 Å². The minimum absolute atomic E-state index is 0.0197. The molecule has 1 saturated heterocycles. The second-order valence-electron chi connectivity index (χ2n) is 3.32. The highest BCUT2D eigenvalue weighted by Gasteiger charge is 2.25. The van der Waals surface area contributed by atoms with Gasteiger partial charge in [0.2, 0.25) is 0 Å². The summed E-state index contributed by atoms with van der Waals surface area (Å²) < 4.78 is 5.01. The number of rotatable bonds is 3. The van der Waals surface area contributed by atoms with E-state index in [1.54, 1.807) is 0 Å². The third kappa shape index (κ3) is 2.50. The Morgan fingerprint density at radius 3 is 2.73 bits per heavy atom. The van der Waals surface area contributed by atoms with Gasteiger partial charge in [0, 0.05) is 0 Å². The first-order chi connectivity index (χ1) is 5.20. The molecule has 0 bridgehead atoms. The summed E-state index contributed by atoms with van der Waals surface area (Å²) >= 11 is 0. The number of hydrogen-bond acceptors (Lipinski definition) is 3. The van der Waals surface area contributed by atoms with Crippen LogP contribution >= 0.6 is 0 Å². The van der Waals surface area contributed by atoms with Crippen LogP contribution in [0.25, 0.3) is 0 Å². The predicted octanol–water partition coefficient (Wildman–Crippen LogP) is 0.547. The maximum Gasteiger partial charge on any atom is 0.323 e. The van der Waals surface area contributed by atoms with E-state index in [1.165, 1.54) is 0 Å². The molecule has 64 valence electrons. The van der Waals surface area contributed by atoms with Crippen molar-refractivity contribution in [2.24, 2.45) is 5.92 Å². The first-order valence-electron chi connectivity index (χ1n) is 4.10. The first kappa shape index (κ1) is 8.53. The molecule has 3 heteroatoms. The van der Waals surface area contributed by atoms with Crippen LogP contribution in [-0.4, -0.2) is 25.2 Å². The van der Waals surface area contributed by atoms with Crippen molar-refractivity contribution >= 4 is 5.97 Å². The van der Waals surface area contributed by atoms with Gasteiger partial charge in [0.1, 0.15) is 6.04 Å². The predicted molar refractivity (Wildman–Crippen MR) is 42.2 cm³/mol. The van der Waals surface area contributed by atoms with Crippen molar-refractivity contribution in [3.05, 3.63) is 0 Å². The van der Waals surface area contributed by atoms with E-state index in [-0.39, 0.29) is 12.0 Å². The fourth-order valence-electron chi connectivity index (χ4n) is 0.839. The van der Waals surface area contributed by atoms with Crippen LogP contribution in [0, 0.1) is 5.92 Å². The normalized spacial score (nSPS) is 23.0. The van der Waals surface area contributed by atoms with Crippen LogP contribution in [0.4, 0.5) is 0 Å². The molecule has 3 nitrogen and oxygen atoms in total. The van der Waals surface area contributed by atoms with Crippen molar-refractivity contribution in [1.29, 1.82) is 0 Å². The van der Waals surface area contributed by atoms with E-state index >= 15 is 0 Å². The highest BCUT2D eigenvalue weighted by Crippen LogP contribution is 2.04. The van der Waals surface area contributed by atoms with Crippen LogP contribution in [0.5, 0.6) is 0 Å². The average Bonchev–Trinajstić information content (AvgIpc) is 1.79. The summed E-state index contributed by atoms with van der Waals surface area (Å²) in [7, 11) is 0. The topological polar surface area (TPSA) is 38.3 Å². The lowest BCUT2D eigenvalue weighted by Crippen LogP contribution is -2.49. The minimum Gasteiger partial charge on any atom is -0.464 e. The zero-order valence-corrected chi connectivity index (χ0v) is 7.09. The van der Waals surface area contributed by atoms with Crippen LogP contribution in [0.2, 0.25) is 0 Å². The van der Waals surface area contributed by atoms with E-state index < -0.39 is 0 Å². The van der Waals surface area contributed by atoms with Gasteiger partial charge >= 0.3 is 5.97 Å². The number of hydrogen-bond donors (Lipinski definition) is 1. The molecular formula is C8H15NO2. The molecule has 1 fully saturated rings. The molecule has 0 aromatic carbocycles. The summed E-state index contributed by atoms with van der Waals surface area (Å²) in [4.78, 5) is 11.0. The third-order valence-corrected chi connectivity index (χ3v) is 1.67. The molecular weight excluding hydrogens is 142 g/mol. The molecule has 0 aliphatic carbocycles. The first-order valence-corrected chi connectivity index (χ1v) is 4.10. The van der Waals surface area contributed by atoms with Crippen molar-refractivity contribution in [1.82, 2.24) is 5.32 Å². The average molecular weight is 157 g/mol. The van der Waals surface area contributed by atoms with Gasteiger partial charge in [-0.2, -0.15) is 0 Å². The SMILES string of the molecule is CC(C)COC(=O)[C@@H]1CCN1. The molecule has 0 aromatic heterocycles. The highest BCUT2D eigenvalue weighted by atomic mass is 16.5. The number of carbonyl (C=O) groups excluding carboxylic acids is 1. The van der Waals surface area contributed by atoms with Crippen molar-refractivity contribution in [3.63, 3.8) is 0 Å². The van der Waals surface area contributed by atoms with Crippen LogP contribution in [-0.2, 0) is 9.53 Å². The Kier molecular flexibility index (Phi) is 2.88. The van der Waals surface area contributed by atoms with Crippen LogP contribution in [0.3, 0.4) is 0 Å². The van der Waals surface area contributed by atoms with Crippen molar-refractivity contribution < 1.29 is 9.53 Å². The smallest absolute Gasteiger partial charge is 0.323 e. The van der Waals surface area contributed by atoms with Gasteiger partial charge in [-0.25, -0.2) is 0 Å². The second kappa shape index (κ2) is 3.72. The Balaban J connectivity index is 2.10. The summed E-state index contributed by atoms with van der Waals surface area (Å²) in [6.45, 7) is 5.54. The number of esters is 1. The standard InChI is InChI=1S/C8H15NO2/c1-6(2)5-11-8(10)7-3-4-9-7/h6-7,9H,3-5H2,1-2H3/t7-/m0/s1. The zero-order valence-electron chi connectivity index (χ0n) is 7.09. The largest absolute Gasteiger partial charge is 0.464 e. The van der Waals surface area contributed by atoms with Crippen molar-refractivity contribution in [2.45, 2.75) is 26.3 Å². The zero-order chi connectivity index (χ0) is 8.27. The Bertz CT molecular complexity index is 141. The fraction of sp³-hybridized carbons (Fsp3) is 0.875. The highest BCUT2D eigenvalue weighted by molar-refractivity contribution is 5.76. The second-order valence-corrected chi connectivity index (χ2v) is 3.32. The van der Waals surface area contributed by atoms with Crippen LogP contribution in [0.15, 0.2) is 0 Å². The van der Waals surface area contributed by atoms with E-state index in [9.17, 15) is 4.79 Å². The molecule has 0 saturated carbocycles. The lowest BCUT2D eigenvalue weighted by atomic mass is 10.1. The molecule has 0 spiro atoms. The number of carbonyl (C=O) groups is 1. The van der Waals surface area contributed by atoms with Gasteiger partial charge in [-0.05, 0) is 18.9 Å². The van der Waals surface area contributed by atoms with E-state index in [1.807, 2.05) is 13.8 Å². The monoisotopic (exact) mass is 157 g/mol. The van der Waals surface area contributed by atoms with Gasteiger partial charge in [0.25, 0.3) is 0 Å². The van der Waals surface area contributed by atoms with Gasteiger partial charge in [0.05, 0.1) is 6.61 Å². The molecule has 0 radical (unpaired) electrons. The van der Waals surface area contributed by atoms with Gasteiger partial charge in [-0.1, -0.05) is 13.8 Å². The number of ether oxygens (including phenoxy) is 1. The van der Waals surface area contributed by atoms with Crippen molar-refractivity contribution in [3.8, 4) is 0 Å². The summed E-state index contributed by atoms with van der Waals surface area (Å²) in [5.41, 5.74) is 0. The van der Waals surface area contributed by atoms with Gasteiger partial charge in [-0.3, -0.25) is 4.79 Å². The molecule has 0 amide bonds. The quantitative estimate of drug-likeness (QED) is 0.608. The fourth-order valence-corrected chi connectivity index (χ4v) is 0.839. The Hall–Kier alpha value is -0.570. The van der Waals surface area contributed by atoms with E-state index in [0.717, 1.165) is 13.0 Å². The lowest BCUT2D eigenvalue weighted by molar-refractivity contribution is -0.149. The number of nitrogens with one attached hydrogen (secondary N) is 1. The third-order valence-electron chi connectivity index (χ3n) is 1.67. The van der Waals surface area contributed by atoms with Gasteiger partial charge in [-0.15, -0.1) is 0 Å². The van der Waals surface area contributed by atoms with E-state index in [0.29, 0.717) is 12.5 Å². The maximum atomic E-state index is 11.0. The van der Waals surface area contributed by atoms with Crippen LogP contribution < -0.4 is 5.32 Å².